The fourth-order valence-electron chi connectivity index (χ4n) is 7.39. The molecular weight excluding hydrogens is 673 g/mol. The summed E-state index contributed by atoms with van der Waals surface area (Å²) >= 11 is 3.60. The Hall–Kier alpha value is -6.34. The lowest BCUT2D eigenvalue weighted by Gasteiger charge is -2.11. The first-order chi connectivity index (χ1) is 25.7. The van der Waals surface area contributed by atoms with Gasteiger partial charge in [0.2, 0.25) is 0 Å². The van der Waals surface area contributed by atoms with E-state index in [2.05, 4.69) is 158 Å². The number of hydrogen-bond donors (Lipinski definition) is 0. The third-order valence-electron chi connectivity index (χ3n) is 9.92. The smallest absolute Gasteiger partial charge is 0.165 e. The molecule has 0 unspecified atom stereocenters. The molecule has 52 heavy (non-hydrogen) atoms. The Kier molecular flexibility index (Phi) is 6.56. The zero-order valence-electron chi connectivity index (χ0n) is 27.6. The highest BCUT2D eigenvalue weighted by Gasteiger charge is 2.18. The molecule has 0 amide bonds. The fourth-order valence-corrected chi connectivity index (χ4v) is 9.78. The summed E-state index contributed by atoms with van der Waals surface area (Å²) in [5.74, 6) is 1.95. The van der Waals surface area contributed by atoms with Gasteiger partial charge in [-0.15, -0.1) is 22.7 Å². The lowest BCUT2D eigenvalue weighted by molar-refractivity contribution is 1.08. The molecule has 0 fully saturated rings. The van der Waals surface area contributed by atoms with E-state index in [9.17, 15) is 0 Å². The van der Waals surface area contributed by atoms with E-state index in [4.69, 9.17) is 19.9 Å². The second-order valence-electron chi connectivity index (χ2n) is 13.0. The average molecular weight is 699 g/mol. The van der Waals surface area contributed by atoms with Crippen molar-refractivity contribution in [1.82, 2.24) is 19.9 Å². The fraction of sp³-hybridized carbons (Fsp3) is 0. The molecule has 0 atom stereocenters. The highest BCUT2D eigenvalue weighted by molar-refractivity contribution is 7.27. The van der Waals surface area contributed by atoms with Crippen molar-refractivity contribution in [3.05, 3.63) is 158 Å². The molecule has 4 aromatic heterocycles. The van der Waals surface area contributed by atoms with E-state index in [1.165, 1.54) is 45.7 Å². The zero-order chi connectivity index (χ0) is 34.2. The lowest BCUT2D eigenvalue weighted by Crippen LogP contribution is -2.00. The minimum atomic E-state index is 0.634. The zero-order valence-corrected chi connectivity index (χ0v) is 29.2. The van der Waals surface area contributed by atoms with Crippen LogP contribution < -0.4 is 0 Å². The third kappa shape index (κ3) is 4.65. The summed E-state index contributed by atoms with van der Waals surface area (Å²) in [6.07, 6.45) is 0. The van der Waals surface area contributed by atoms with Crippen molar-refractivity contribution in [2.45, 2.75) is 0 Å². The second-order valence-corrected chi connectivity index (χ2v) is 15.1. The molecule has 11 aromatic rings. The SMILES string of the molecule is c1ccc2cc(-c3nc(-c4ccc(-c5nc6c7ccccc7sc6c6ccccc56)cc4)nc(-c4cccc5c4sc4ccccc45)n3)ccc2c1. The monoisotopic (exact) mass is 698 g/mol. The predicted molar refractivity (Wildman–Crippen MR) is 220 cm³/mol. The van der Waals surface area contributed by atoms with E-state index >= 15 is 0 Å². The summed E-state index contributed by atoms with van der Waals surface area (Å²) in [6, 6.07) is 55.5. The van der Waals surface area contributed by atoms with E-state index < -0.39 is 0 Å². The van der Waals surface area contributed by atoms with Gasteiger partial charge in [0, 0.05) is 63.3 Å². The van der Waals surface area contributed by atoms with Gasteiger partial charge in [-0.2, -0.15) is 0 Å². The molecule has 0 aliphatic rings. The van der Waals surface area contributed by atoms with Crippen LogP contribution in [0.25, 0.3) is 107 Å². The van der Waals surface area contributed by atoms with Crippen molar-refractivity contribution in [3.63, 3.8) is 0 Å². The molecule has 0 saturated carbocycles. The molecular formula is C46H26N4S2. The van der Waals surface area contributed by atoms with Crippen molar-refractivity contribution in [1.29, 1.82) is 0 Å². The van der Waals surface area contributed by atoms with Crippen LogP contribution in [0.4, 0.5) is 0 Å². The molecule has 242 valence electrons. The average Bonchev–Trinajstić information content (AvgIpc) is 3.79. The molecule has 0 saturated heterocycles. The number of pyridine rings is 1. The Morgan fingerprint density at radius 3 is 1.73 bits per heavy atom. The van der Waals surface area contributed by atoms with Gasteiger partial charge < -0.3 is 0 Å². The van der Waals surface area contributed by atoms with Crippen molar-refractivity contribution in [2.75, 3.05) is 0 Å². The van der Waals surface area contributed by atoms with Crippen LogP contribution in [0.5, 0.6) is 0 Å². The van der Waals surface area contributed by atoms with Crippen LogP contribution in [0.1, 0.15) is 0 Å². The van der Waals surface area contributed by atoms with E-state index in [0.29, 0.717) is 17.5 Å². The summed E-state index contributed by atoms with van der Waals surface area (Å²) in [5.41, 5.74) is 5.96. The van der Waals surface area contributed by atoms with Crippen molar-refractivity contribution in [3.8, 4) is 45.4 Å². The highest BCUT2D eigenvalue weighted by Crippen LogP contribution is 2.42. The number of benzene rings is 7. The van der Waals surface area contributed by atoms with Crippen molar-refractivity contribution >= 4 is 84.7 Å². The Morgan fingerprint density at radius 1 is 0.346 bits per heavy atom. The van der Waals surface area contributed by atoms with Gasteiger partial charge in [-0.3, -0.25) is 0 Å². The van der Waals surface area contributed by atoms with Gasteiger partial charge in [-0.25, -0.2) is 19.9 Å². The minimum Gasteiger partial charge on any atom is -0.246 e. The molecule has 4 nitrogen and oxygen atoms in total. The van der Waals surface area contributed by atoms with E-state index in [1.54, 1.807) is 11.3 Å². The van der Waals surface area contributed by atoms with Gasteiger partial charge in [0.05, 0.1) is 15.9 Å². The first-order valence-electron chi connectivity index (χ1n) is 17.2. The van der Waals surface area contributed by atoms with Crippen LogP contribution in [0.3, 0.4) is 0 Å². The first-order valence-corrected chi connectivity index (χ1v) is 18.9. The summed E-state index contributed by atoms with van der Waals surface area (Å²) in [7, 11) is 0. The summed E-state index contributed by atoms with van der Waals surface area (Å²) in [6.45, 7) is 0. The lowest BCUT2D eigenvalue weighted by atomic mass is 10.0. The number of thiophene rings is 2. The number of rotatable bonds is 4. The molecule has 0 radical (unpaired) electrons. The van der Waals surface area contributed by atoms with Gasteiger partial charge >= 0.3 is 0 Å². The number of nitrogens with zero attached hydrogens (tertiary/aromatic N) is 4. The first kappa shape index (κ1) is 29.4. The summed E-state index contributed by atoms with van der Waals surface area (Å²) < 4.78 is 4.90. The second kappa shape index (κ2) is 11.6. The van der Waals surface area contributed by atoms with Crippen molar-refractivity contribution in [2.24, 2.45) is 0 Å². The van der Waals surface area contributed by atoms with E-state index in [0.717, 1.165) is 44.2 Å². The van der Waals surface area contributed by atoms with E-state index in [-0.39, 0.29) is 0 Å². The van der Waals surface area contributed by atoms with Gasteiger partial charge in [0.15, 0.2) is 17.5 Å². The topological polar surface area (TPSA) is 51.6 Å². The third-order valence-corrected chi connectivity index (χ3v) is 12.3. The van der Waals surface area contributed by atoms with Crippen LogP contribution in [0, 0.1) is 0 Å². The maximum atomic E-state index is 5.31. The molecule has 7 aromatic carbocycles. The van der Waals surface area contributed by atoms with Gasteiger partial charge in [0.25, 0.3) is 0 Å². The van der Waals surface area contributed by atoms with Gasteiger partial charge in [-0.1, -0.05) is 133 Å². The Morgan fingerprint density at radius 2 is 0.904 bits per heavy atom. The number of hydrogen-bond acceptors (Lipinski definition) is 6. The minimum absolute atomic E-state index is 0.634. The Labute approximate surface area is 306 Å². The molecule has 0 aliphatic heterocycles. The van der Waals surface area contributed by atoms with Crippen LogP contribution in [-0.2, 0) is 0 Å². The van der Waals surface area contributed by atoms with Crippen molar-refractivity contribution < 1.29 is 0 Å². The summed E-state index contributed by atoms with van der Waals surface area (Å²) in [4.78, 5) is 20.8. The van der Waals surface area contributed by atoms with Crippen LogP contribution in [0.2, 0.25) is 0 Å². The number of aromatic nitrogens is 4. The maximum Gasteiger partial charge on any atom is 0.165 e. The molecule has 0 aliphatic carbocycles. The predicted octanol–water partition coefficient (Wildman–Crippen LogP) is 13.0. The van der Waals surface area contributed by atoms with Crippen LogP contribution >= 0.6 is 22.7 Å². The molecule has 11 rings (SSSR count). The van der Waals surface area contributed by atoms with Crippen LogP contribution in [0.15, 0.2) is 158 Å². The van der Waals surface area contributed by atoms with E-state index in [1.807, 2.05) is 11.3 Å². The Balaban J connectivity index is 1.09. The normalized spacial score (nSPS) is 11.8. The standard InChI is InChI=1S/C46H26N4S2/c1-2-11-30-26-31(25-20-27(30)10-1)45-48-44(49-46(50-45)37-17-9-16-34-32-12-5-7-18-38(32)51-42(34)37)29-23-21-28(22-24-29)40-33-13-3-4-14-35(33)43-41(47-40)36-15-6-8-19-39(36)52-43/h1-26H. The molecule has 0 spiro atoms. The molecule has 0 bridgehead atoms. The number of fused-ring (bicyclic) bond motifs is 9. The molecule has 0 N–H and O–H groups in total. The highest BCUT2D eigenvalue weighted by atomic mass is 32.1. The molecule has 6 heteroatoms. The summed E-state index contributed by atoms with van der Waals surface area (Å²) in [5, 5.41) is 8.36. The Bertz CT molecular complexity index is 3200. The van der Waals surface area contributed by atoms with Gasteiger partial charge in [0.1, 0.15) is 0 Å². The largest absolute Gasteiger partial charge is 0.246 e. The van der Waals surface area contributed by atoms with Crippen LogP contribution in [-0.4, -0.2) is 19.9 Å². The molecule has 4 heterocycles. The quantitative estimate of drug-likeness (QED) is 0.184. The van der Waals surface area contributed by atoms with Gasteiger partial charge in [-0.05, 0) is 35.0 Å². The maximum absolute atomic E-state index is 5.31.